The van der Waals surface area contributed by atoms with Crippen LogP contribution in [-0.2, 0) is 0 Å². The minimum Gasteiger partial charge on any atom is -0.390 e. The molecule has 0 saturated heterocycles. The first-order chi connectivity index (χ1) is 4.63. The van der Waals surface area contributed by atoms with Gasteiger partial charge in [-0.1, -0.05) is 0 Å². The van der Waals surface area contributed by atoms with Gasteiger partial charge in [-0.2, -0.15) is 0 Å². The van der Waals surface area contributed by atoms with Gasteiger partial charge in [-0.3, -0.25) is 0 Å². The van der Waals surface area contributed by atoms with Crippen molar-refractivity contribution in [2.24, 2.45) is 0 Å². The quantitative estimate of drug-likeness (QED) is 0.230. The molecule has 0 heterocycles. The van der Waals surface area contributed by atoms with Crippen LogP contribution in [0.2, 0.25) is 6.04 Å². The Labute approximate surface area is 64.2 Å². The molecule has 0 fully saturated rings. The zero-order valence-electron chi connectivity index (χ0n) is 5.41. The second-order valence-electron chi connectivity index (χ2n) is 2.18. The molecule has 0 aliphatic rings. The van der Waals surface area contributed by atoms with Crippen molar-refractivity contribution in [3.63, 3.8) is 0 Å². The highest BCUT2D eigenvalue weighted by molar-refractivity contribution is 6.63. The van der Waals surface area contributed by atoms with E-state index in [0.29, 0.717) is 0 Å². The summed E-state index contributed by atoms with van der Waals surface area (Å²) >= 11 is 0. The first-order valence-corrected chi connectivity index (χ1v) is 6.62. The predicted octanol–water partition coefficient (Wildman–Crippen LogP) is -4.28. The molecule has 0 bridgehead atoms. The molecule has 9 heteroatoms. The second-order valence-corrected chi connectivity index (χ2v) is 6.18. The Morgan fingerprint density at radius 3 is 1.36 bits per heavy atom. The molecule has 7 N–H and O–H groups in total. The molecule has 0 saturated carbocycles. The lowest BCUT2D eigenvalue weighted by molar-refractivity contribution is 0.110. The highest BCUT2D eigenvalue weighted by Gasteiger charge is 2.45. The fourth-order valence-electron chi connectivity index (χ4n) is 0.396. The van der Waals surface area contributed by atoms with E-state index in [4.69, 9.17) is 33.9 Å². The van der Waals surface area contributed by atoms with Crippen LogP contribution in [0.25, 0.3) is 0 Å². The van der Waals surface area contributed by atoms with Crippen molar-refractivity contribution in [1.29, 1.82) is 0 Å². The van der Waals surface area contributed by atoms with Crippen molar-refractivity contribution in [3.8, 4) is 0 Å². The van der Waals surface area contributed by atoms with Crippen molar-refractivity contribution >= 4 is 17.6 Å². The minimum absolute atomic E-state index is 1.01. The Bertz CT molecular complexity index is 123. The number of hydrogen-bond acceptors (Lipinski definition) is 7. The lowest BCUT2D eigenvalue weighted by Gasteiger charge is -2.19. The molecule has 0 aromatic heterocycles. The summed E-state index contributed by atoms with van der Waals surface area (Å²) in [6, 6.07) is -1.01. The van der Waals surface area contributed by atoms with E-state index in [0.717, 1.165) is 0 Å². The first kappa shape index (κ1) is 11.2. The summed E-state index contributed by atoms with van der Waals surface area (Å²) in [5.74, 6) is 0. The zero-order valence-corrected chi connectivity index (χ0v) is 7.41. The summed E-state index contributed by atoms with van der Waals surface area (Å²) in [5.41, 5.74) is -2.07. The monoisotopic (exact) mass is 202 g/mol. The van der Waals surface area contributed by atoms with Gasteiger partial charge in [0.05, 0.1) is 0 Å². The van der Waals surface area contributed by atoms with Crippen LogP contribution in [0.15, 0.2) is 0 Å². The topological polar surface area (TPSA) is 142 Å². The molecule has 0 radical (unpaired) electrons. The van der Waals surface area contributed by atoms with Crippen LogP contribution >= 0.6 is 0 Å². The summed E-state index contributed by atoms with van der Waals surface area (Å²) in [7, 11) is -9.29. The molecule has 0 rings (SSSR count). The number of aliphatic hydroxyl groups is 1. The van der Waals surface area contributed by atoms with Crippen LogP contribution in [0.4, 0.5) is 0 Å². The maximum atomic E-state index is 8.59. The van der Waals surface area contributed by atoms with Gasteiger partial charge in [-0.05, 0) is 0 Å². The Balaban J connectivity index is 3.99. The molecule has 0 aromatic rings. The van der Waals surface area contributed by atoms with Crippen molar-refractivity contribution in [2.75, 3.05) is 0 Å². The number of rotatable bonds is 3. The maximum Gasteiger partial charge on any atom is 0.522 e. The fourth-order valence-corrected chi connectivity index (χ4v) is 2.83. The van der Waals surface area contributed by atoms with Gasteiger partial charge in [0.1, 0.15) is 5.73 Å². The minimum atomic E-state index is -4.76. The van der Waals surface area contributed by atoms with Gasteiger partial charge < -0.3 is 33.9 Å². The molecule has 68 valence electrons. The highest BCUT2D eigenvalue weighted by atomic mass is 28.4. The largest absolute Gasteiger partial charge is 0.522 e. The maximum absolute atomic E-state index is 8.59. The molecule has 0 aliphatic carbocycles. The zero-order chi connectivity index (χ0) is 9.28. The Hall–Kier alpha value is 0.154. The van der Waals surface area contributed by atoms with Gasteiger partial charge >= 0.3 is 17.6 Å². The van der Waals surface area contributed by atoms with Crippen LogP contribution in [0.3, 0.4) is 0 Å². The summed E-state index contributed by atoms with van der Waals surface area (Å²) in [5, 5.41) is 8.59. The molecule has 11 heavy (non-hydrogen) atoms. The van der Waals surface area contributed by atoms with Crippen LogP contribution < -0.4 is 0 Å². The van der Waals surface area contributed by atoms with E-state index in [9.17, 15) is 0 Å². The molecule has 0 aromatic carbocycles. The van der Waals surface area contributed by atoms with Crippen molar-refractivity contribution in [1.82, 2.24) is 0 Å². The van der Waals surface area contributed by atoms with E-state index in [-0.39, 0.29) is 0 Å². The van der Waals surface area contributed by atoms with Gasteiger partial charge in [-0.25, -0.2) is 0 Å². The molecule has 0 aliphatic heterocycles. The summed E-state index contributed by atoms with van der Waals surface area (Å²) < 4.78 is 0. The number of aliphatic hydroxyl groups excluding tert-OH is 1. The molecule has 1 unspecified atom stereocenters. The fraction of sp³-hybridized carbons (Fsp3) is 1.00. The smallest absolute Gasteiger partial charge is 0.390 e. The number of hydrogen-bond donors (Lipinski definition) is 7. The average molecular weight is 202 g/mol. The van der Waals surface area contributed by atoms with Crippen LogP contribution in [0.1, 0.15) is 0 Å². The SMILES string of the molecule is OC(C[Si](O)(O)O)[Si](O)(O)O. The third-order valence-corrected chi connectivity index (χ3v) is 3.36. The van der Waals surface area contributed by atoms with Gasteiger partial charge in [0.2, 0.25) is 0 Å². The molecular weight excluding hydrogens is 192 g/mol. The van der Waals surface area contributed by atoms with Crippen molar-refractivity contribution < 1.29 is 33.9 Å². The molecular formula is C2H10O7Si2. The van der Waals surface area contributed by atoms with Gasteiger partial charge in [0, 0.05) is 6.04 Å². The third-order valence-electron chi connectivity index (χ3n) is 0.914. The standard InChI is InChI=1S/C2H10O7Si2/c3-2(11(7,8)9)1-10(4,5)6/h2-9H,1H2. The lowest BCUT2D eigenvalue weighted by atomic mass is 10.8. The van der Waals surface area contributed by atoms with E-state index in [2.05, 4.69) is 0 Å². The lowest BCUT2D eigenvalue weighted by Crippen LogP contribution is -2.53. The van der Waals surface area contributed by atoms with E-state index < -0.39 is 29.4 Å². The van der Waals surface area contributed by atoms with E-state index in [1.807, 2.05) is 0 Å². The summed E-state index contributed by atoms with van der Waals surface area (Å²) in [6.45, 7) is 0. The van der Waals surface area contributed by atoms with Gasteiger partial charge in [0.15, 0.2) is 0 Å². The van der Waals surface area contributed by atoms with E-state index >= 15 is 0 Å². The predicted molar refractivity (Wildman–Crippen MR) is 35.6 cm³/mol. The van der Waals surface area contributed by atoms with Crippen molar-refractivity contribution in [3.05, 3.63) is 0 Å². The van der Waals surface area contributed by atoms with E-state index in [1.165, 1.54) is 0 Å². The Morgan fingerprint density at radius 1 is 0.909 bits per heavy atom. The normalized spacial score (nSPS) is 16.6. The summed E-state index contributed by atoms with van der Waals surface area (Å²) in [6.07, 6.45) is 0. The molecule has 1 atom stereocenters. The molecule has 0 spiro atoms. The third kappa shape index (κ3) is 5.43. The Kier molecular flexibility index (Phi) is 3.31. The second kappa shape index (κ2) is 3.26. The van der Waals surface area contributed by atoms with Crippen molar-refractivity contribution in [2.45, 2.75) is 11.8 Å². The summed E-state index contributed by atoms with van der Waals surface area (Å²) in [4.78, 5) is 50.0. The highest BCUT2D eigenvalue weighted by Crippen LogP contribution is 2.07. The van der Waals surface area contributed by atoms with Gasteiger partial charge in [0.25, 0.3) is 0 Å². The molecule has 7 nitrogen and oxygen atoms in total. The van der Waals surface area contributed by atoms with E-state index in [1.54, 1.807) is 0 Å². The van der Waals surface area contributed by atoms with Crippen LogP contribution in [-0.4, -0.2) is 57.2 Å². The average Bonchev–Trinajstić information content (AvgIpc) is 1.56. The van der Waals surface area contributed by atoms with Crippen LogP contribution in [0, 0.1) is 0 Å². The van der Waals surface area contributed by atoms with Crippen LogP contribution in [0.5, 0.6) is 0 Å². The molecule has 0 amide bonds. The van der Waals surface area contributed by atoms with Gasteiger partial charge in [-0.15, -0.1) is 0 Å². The first-order valence-electron chi connectivity index (χ1n) is 2.65. The Morgan fingerprint density at radius 2 is 1.27 bits per heavy atom.